The number of alkyl halides is 3. The van der Waals surface area contributed by atoms with E-state index in [1.165, 1.54) is 12.1 Å². The highest BCUT2D eigenvalue weighted by molar-refractivity contribution is 5.79. The largest absolute Gasteiger partial charge is 0.416 e. The van der Waals surface area contributed by atoms with Crippen molar-refractivity contribution in [1.82, 2.24) is 10.6 Å². The van der Waals surface area contributed by atoms with Gasteiger partial charge in [0.05, 0.1) is 12.1 Å². The van der Waals surface area contributed by atoms with E-state index < -0.39 is 11.7 Å². The summed E-state index contributed by atoms with van der Waals surface area (Å²) in [4.78, 5) is 3.92. The molecule has 0 radical (unpaired) electrons. The fourth-order valence-electron chi connectivity index (χ4n) is 1.35. The lowest BCUT2D eigenvalue weighted by atomic mass is 10.1. The minimum Gasteiger partial charge on any atom is -0.352 e. The maximum Gasteiger partial charge on any atom is 0.416 e. The molecule has 6 heteroatoms. The highest BCUT2D eigenvalue weighted by Gasteiger charge is 2.29. The van der Waals surface area contributed by atoms with Crippen LogP contribution in [0.3, 0.4) is 0 Å². The molecule has 0 aliphatic heterocycles. The van der Waals surface area contributed by atoms with Crippen LogP contribution in [0.25, 0.3) is 0 Å². The van der Waals surface area contributed by atoms with Crippen LogP contribution in [0, 0.1) is 12.3 Å². The number of hydrogen-bond acceptors (Lipinski definition) is 1. The summed E-state index contributed by atoms with van der Waals surface area (Å²) in [6.45, 7) is 0.690. The van der Waals surface area contributed by atoms with Crippen LogP contribution in [-0.2, 0) is 12.7 Å². The third kappa shape index (κ3) is 4.92. The lowest BCUT2D eigenvalue weighted by molar-refractivity contribution is -0.137. The molecule has 0 aliphatic carbocycles. The number of halogens is 3. The molecule has 0 aromatic heterocycles. The van der Waals surface area contributed by atoms with Crippen molar-refractivity contribution in [3.05, 3.63) is 35.4 Å². The summed E-state index contributed by atoms with van der Waals surface area (Å²) in [6.07, 6.45) is 0.785. The van der Waals surface area contributed by atoms with Gasteiger partial charge < -0.3 is 10.6 Å². The van der Waals surface area contributed by atoms with Crippen LogP contribution >= 0.6 is 0 Å². The van der Waals surface area contributed by atoms with E-state index in [0.717, 1.165) is 17.7 Å². The first kappa shape index (κ1) is 14.9. The van der Waals surface area contributed by atoms with Gasteiger partial charge in [-0.15, -0.1) is 6.42 Å². The monoisotopic (exact) mass is 269 g/mol. The van der Waals surface area contributed by atoms with Crippen molar-refractivity contribution in [3.8, 4) is 12.3 Å². The molecule has 3 nitrogen and oxygen atoms in total. The van der Waals surface area contributed by atoms with Crippen molar-refractivity contribution in [2.24, 2.45) is 4.99 Å². The predicted octanol–water partition coefficient (Wildman–Crippen LogP) is 2.00. The molecule has 0 heterocycles. The Bertz CT molecular complexity index is 469. The predicted molar refractivity (Wildman–Crippen MR) is 68.5 cm³/mol. The maximum absolute atomic E-state index is 12.4. The summed E-state index contributed by atoms with van der Waals surface area (Å²) < 4.78 is 37.1. The first-order valence-electron chi connectivity index (χ1n) is 5.51. The van der Waals surface area contributed by atoms with Crippen molar-refractivity contribution in [2.75, 3.05) is 13.6 Å². The van der Waals surface area contributed by atoms with Gasteiger partial charge in [-0.1, -0.05) is 18.1 Å². The molecule has 0 bridgehead atoms. The van der Waals surface area contributed by atoms with Crippen molar-refractivity contribution >= 4 is 5.96 Å². The molecule has 2 N–H and O–H groups in total. The van der Waals surface area contributed by atoms with E-state index in [4.69, 9.17) is 6.42 Å². The van der Waals surface area contributed by atoms with Gasteiger partial charge in [0.15, 0.2) is 5.96 Å². The molecule has 0 aliphatic rings. The molecule has 0 spiro atoms. The van der Waals surface area contributed by atoms with Crippen LogP contribution in [-0.4, -0.2) is 19.6 Å². The Balaban J connectivity index is 2.57. The number of rotatable bonds is 3. The Morgan fingerprint density at radius 2 is 1.89 bits per heavy atom. The molecule has 1 rings (SSSR count). The van der Waals surface area contributed by atoms with Crippen molar-refractivity contribution in [3.63, 3.8) is 0 Å². The zero-order valence-corrected chi connectivity index (χ0v) is 10.4. The Labute approximate surface area is 109 Å². The van der Waals surface area contributed by atoms with E-state index >= 15 is 0 Å². The SMILES string of the molecule is C#CCNC(=NC)NCc1ccc(C(F)(F)F)cc1. The van der Waals surface area contributed by atoms with Gasteiger partial charge in [0.1, 0.15) is 0 Å². The molecular weight excluding hydrogens is 255 g/mol. The second kappa shape index (κ2) is 6.69. The lowest BCUT2D eigenvalue weighted by Crippen LogP contribution is -2.36. The molecule has 0 saturated heterocycles. The fourth-order valence-corrected chi connectivity index (χ4v) is 1.35. The van der Waals surface area contributed by atoms with Gasteiger partial charge in [0.2, 0.25) is 0 Å². The van der Waals surface area contributed by atoms with E-state index in [9.17, 15) is 13.2 Å². The summed E-state index contributed by atoms with van der Waals surface area (Å²) >= 11 is 0. The highest BCUT2D eigenvalue weighted by atomic mass is 19.4. The zero-order valence-electron chi connectivity index (χ0n) is 10.4. The average Bonchev–Trinajstić information content (AvgIpc) is 2.38. The van der Waals surface area contributed by atoms with Crippen LogP contribution in [0.5, 0.6) is 0 Å². The van der Waals surface area contributed by atoms with E-state index in [1.807, 2.05) is 0 Å². The molecule has 0 saturated carbocycles. The van der Waals surface area contributed by atoms with E-state index in [0.29, 0.717) is 19.0 Å². The van der Waals surface area contributed by atoms with Crippen molar-refractivity contribution in [2.45, 2.75) is 12.7 Å². The second-order valence-corrected chi connectivity index (χ2v) is 3.68. The average molecular weight is 269 g/mol. The molecule has 0 fully saturated rings. The number of benzene rings is 1. The van der Waals surface area contributed by atoms with Crippen LogP contribution < -0.4 is 10.6 Å². The molecule has 19 heavy (non-hydrogen) atoms. The molecular formula is C13H14F3N3. The number of hydrogen-bond donors (Lipinski definition) is 2. The normalized spacial score (nSPS) is 11.8. The minimum atomic E-state index is -4.31. The number of nitrogens with one attached hydrogen (secondary N) is 2. The Morgan fingerprint density at radius 3 is 2.37 bits per heavy atom. The van der Waals surface area contributed by atoms with Crippen LogP contribution in [0.15, 0.2) is 29.3 Å². The molecule has 0 atom stereocenters. The van der Waals surface area contributed by atoms with Crippen LogP contribution in [0.1, 0.15) is 11.1 Å². The van der Waals surface area contributed by atoms with E-state index in [-0.39, 0.29) is 0 Å². The maximum atomic E-state index is 12.4. The van der Waals surface area contributed by atoms with Gasteiger partial charge in [0, 0.05) is 13.6 Å². The second-order valence-electron chi connectivity index (χ2n) is 3.68. The molecule has 1 aromatic carbocycles. The van der Waals surface area contributed by atoms with Gasteiger partial charge in [0.25, 0.3) is 0 Å². The number of terminal acetylenes is 1. The minimum absolute atomic E-state index is 0.326. The third-order valence-electron chi connectivity index (χ3n) is 2.32. The molecule has 0 amide bonds. The smallest absolute Gasteiger partial charge is 0.352 e. The number of guanidine groups is 1. The number of aliphatic imine (C=N–C) groups is 1. The molecule has 102 valence electrons. The molecule has 1 aromatic rings. The summed E-state index contributed by atoms with van der Waals surface area (Å²) in [5.41, 5.74) is 0.0581. The first-order chi connectivity index (χ1) is 8.97. The number of nitrogens with zero attached hydrogens (tertiary/aromatic N) is 1. The van der Waals surface area contributed by atoms with E-state index in [2.05, 4.69) is 21.5 Å². The van der Waals surface area contributed by atoms with Gasteiger partial charge in [-0.3, -0.25) is 4.99 Å². The summed E-state index contributed by atoms with van der Waals surface area (Å²) in [7, 11) is 1.58. The van der Waals surface area contributed by atoms with Gasteiger partial charge in [-0.25, -0.2) is 0 Å². The van der Waals surface area contributed by atoms with Crippen molar-refractivity contribution < 1.29 is 13.2 Å². The Kier molecular flexibility index (Phi) is 5.24. The van der Waals surface area contributed by atoms with Gasteiger partial charge in [-0.2, -0.15) is 13.2 Å². The zero-order chi connectivity index (χ0) is 14.3. The highest BCUT2D eigenvalue weighted by Crippen LogP contribution is 2.28. The summed E-state index contributed by atoms with van der Waals surface area (Å²) in [6, 6.07) is 4.94. The Morgan fingerprint density at radius 1 is 1.26 bits per heavy atom. The van der Waals surface area contributed by atoms with Gasteiger partial charge >= 0.3 is 6.18 Å². The quantitative estimate of drug-likeness (QED) is 0.500. The van der Waals surface area contributed by atoms with Gasteiger partial charge in [-0.05, 0) is 17.7 Å². The van der Waals surface area contributed by atoms with Crippen molar-refractivity contribution in [1.29, 1.82) is 0 Å². The topological polar surface area (TPSA) is 36.4 Å². The molecule has 0 unspecified atom stereocenters. The standard InChI is InChI=1S/C13H14F3N3/c1-3-8-18-12(17-2)19-9-10-4-6-11(7-5-10)13(14,15)16/h1,4-7H,8-9H2,2H3,(H2,17,18,19). The lowest BCUT2D eigenvalue weighted by Gasteiger charge is -2.11. The summed E-state index contributed by atoms with van der Waals surface area (Å²) in [5.74, 6) is 2.90. The Hall–Kier alpha value is -2.16. The fraction of sp³-hybridized carbons (Fsp3) is 0.308. The van der Waals surface area contributed by atoms with E-state index in [1.54, 1.807) is 7.05 Å². The third-order valence-corrected chi connectivity index (χ3v) is 2.32. The van der Waals surface area contributed by atoms with Crippen LogP contribution in [0.2, 0.25) is 0 Å². The van der Waals surface area contributed by atoms with Crippen LogP contribution in [0.4, 0.5) is 13.2 Å². The summed E-state index contributed by atoms with van der Waals surface area (Å²) in [5, 5.41) is 5.79. The first-order valence-corrected chi connectivity index (χ1v) is 5.51.